The van der Waals surface area contributed by atoms with Crippen molar-refractivity contribution < 1.29 is 9.16 Å². The monoisotopic (exact) mass is 442 g/mol. The number of hydrogen-bond acceptors (Lipinski definition) is 2. The highest BCUT2D eigenvalue weighted by atomic mass is 28.4. The van der Waals surface area contributed by atoms with Gasteiger partial charge in [0, 0.05) is 5.41 Å². The molecule has 0 aromatic heterocycles. The highest BCUT2D eigenvalue weighted by Crippen LogP contribution is 2.68. The predicted molar refractivity (Wildman–Crippen MR) is 134 cm³/mol. The molecule has 6 atom stereocenters. The van der Waals surface area contributed by atoms with Crippen molar-refractivity contribution in [3.05, 3.63) is 35.5 Å². The Balaban J connectivity index is 1.54. The summed E-state index contributed by atoms with van der Waals surface area (Å²) in [7, 11) is -1.81. The van der Waals surface area contributed by atoms with Crippen molar-refractivity contribution in [1.29, 1.82) is 0 Å². The Morgan fingerprint density at radius 3 is 2.45 bits per heavy atom. The standard InChI is InChI=1S/C28H46O2Si/c1-19-17-23(20(2)25(18-19)30-31(8,9)26(4,5)6)13-12-22-11-10-15-27(7)24(22)14-16-28(27)21(3)29-28/h12-13,19,21,24-25H,2,10-11,14-18H2,1,3-9H3/b22-12+,23-13-/t19?,21-,24?,25?,27-,28-/m0/s1. The van der Waals surface area contributed by atoms with Crippen LogP contribution in [0.3, 0.4) is 0 Å². The van der Waals surface area contributed by atoms with Crippen LogP contribution in [0.2, 0.25) is 18.1 Å². The number of fused-ring (bicyclic) bond motifs is 2. The first-order chi connectivity index (χ1) is 14.3. The Labute approximate surface area is 192 Å². The van der Waals surface area contributed by atoms with E-state index >= 15 is 0 Å². The molecule has 3 unspecified atom stereocenters. The van der Waals surface area contributed by atoms with Crippen LogP contribution in [0.1, 0.15) is 86.5 Å². The average Bonchev–Trinajstić information content (AvgIpc) is 3.22. The van der Waals surface area contributed by atoms with Gasteiger partial charge in [-0.05, 0) is 93.0 Å². The van der Waals surface area contributed by atoms with Gasteiger partial charge in [-0.15, -0.1) is 0 Å². The maximum atomic E-state index is 6.84. The van der Waals surface area contributed by atoms with Crippen molar-refractivity contribution in [2.24, 2.45) is 17.3 Å². The van der Waals surface area contributed by atoms with Gasteiger partial charge >= 0.3 is 0 Å². The lowest BCUT2D eigenvalue weighted by Gasteiger charge is -2.42. The highest BCUT2D eigenvalue weighted by Gasteiger charge is 2.70. The second kappa shape index (κ2) is 7.70. The van der Waals surface area contributed by atoms with Crippen molar-refractivity contribution in [2.75, 3.05) is 0 Å². The van der Waals surface area contributed by atoms with Gasteiger partial charge < -0.3 is 9.16 Å². The first-order valence-electron chi connectivity index (χ1n) is 12.8. The smallest absolute Gasteiger partial charge is 0.192 e. The molecule has 0 bridgehead atoms. The highest BCUT2D eigenvalue weighted by molar-refractivity contribution is 6.74. The predicted octanol–water partition coefficient (Wildman–Crippen LogP) is 7.97. The van der Waals surface area contributed by atoms with E-state index in [2.05, 4.69) is 73.4 Å². The van der Waals surface area contributed by atoms with Crippen LogP contribution in [-0.2, 0) is 9.16 Å². The summed E-state index contributed by atoms with van der Waals surface area (Å²) >= 11 is 0. The third-order valence-corrected chi connectivity index (χ3v) is 14.3. The Hall–Kier alpha value is -0.643. The molecule has 0 amide bonds. The van der Waals surface area contributed by atoms with E-state index < -0.39 is 8.32 Å². The van der Waals surface area contributed by atoms with Crippen LogP contribution in [0.4, 0.5) is 0 Å². The molecule has 1 heterocycles. The minimum Gasteiger partial charge on any atom is -0.410 e. The SMILES string of the molecule is C=C1/C(=C\C=C2/CCC[C@@]3(C)C2CC[C@@]32O[C@H]2C)CC(C)CC1O[Si](C)(C)C(C)(C)C. The molecule has 0 radical (unpaired) electrons. The molecule has 2 nitrogen and oxygen atoms in total. The molecular formula is C28H46O2Si. The van der Waals surface area contributed by atoms with Gasteiger partial charge in [0.05, 0.1) is 12.2 Å². The minimum absolute atomic E-state index is 0.176. The van der Waals surface area contributed by atoms with E-state index in [0.29, 0.717) is 23.4 Å². The number of allylic oxidation sites excluding steroid dienone is 3. The molecule has 3 saturated carbocycles. The number of rotatable bonds is 3. The summed E-state index contributed by atoms with van der Waals surface area (Å²) in [4.78, 5) is 0. The molecular weight excluding hydrogens is 396 g/mol. The van der Waals surface area contributed by atoms with Gasteiger partial charge in [0.2, 0.25) is 0 Å². The maximum Gasteiger partial charge on any atom is 0.192 e. The van der Waals surface area contributed by atoms with Gasteiger partial charge in [-0.1, -0.05) is 58.9 Å². The first-order valence-corrected chi connectivity index (χ1v) is 15.7. The Morgan fingerprint density at radius 2 is 1.84 bits per heavy atom. The van der Waals surface area contributed by atoms with Gasteiger partial charge in [0.15, 0.2) is 8.32 Å². The van der Waals surface area contributed by atoms with E-state index in [0.717, 1.165) is 12.8 Å². The Bertz CT molecular complexity index is 800. The quantitative estimate of drug-likeness (QED) is 0.326. The van der Waals surface area contributed by atoms with Crippen molar-refractivity contribution >= 4 is 8.32 Å². The van der Waals surface area contributed by atoms with Gasteiger partial charge in [-0.25, -0.2) is 0 Å². The van der Waals surface area contributed by atoms with E-state index in [-0.39, 0.29) is 16.7 Å². The molecule has 0 aromatic rings. The molecule has 31 heavy (non-hydrogen) atoms. The van der Waals surface area contributed by atoms with Crippen LogP contribution in [0.25, 0.3) is 0 Å². The fourth-order valence-corrected chi connectivity index (χ4v) is 8.06. The molecule has 174 valence electrons. The lowest BCUT2D eigenvalue weighted by molar-refractivity contribution is 0.0944. The Kier molecular flexibility index (Phi) is 5.84. The van der Waals surface area contributed by atoms with Gasteiger partial charge in [-0.2, -0.15) is 0 Å². The molecule has 4 rings (SSSR count). The molecule has 1 spiro atoms. The summed E-state index contributed by atoms with van der Waals surface area (Å²) in [5.41, 5.74) is 4.83. The molecule has 3 aliphatic carbocycles. The van der Waals surface area contributed by atoms with Crippen LogP contribution in [0.5, 0.6) is 0 Å². The summed E-state index contributed by atoms with van der Waals surface area (Å²) in [6, 6.07) is 0. The minimum atomic E-state index is -1.81. The second-order valence-corrected chi connectivity index (χ2v) is 17.6. The van der Waals surface area contributed by atoms with Gasteiger partial charge in [0.1, 0.15) is 5.60 Å². The third-order valence-electron chi connectivity index (χ3n) is 9.86. The average molecular weight is 443 g/mol. The lowest BCUT2D eigenvalue weighted by atomic mass is 9.62. The van der Waals surface area contributed by atoms with E-state index in [1.807, 2.05) is 0 Å². The zero-order valence-corrected chi connectivity index (χ0v) is 22.4. The van der Waals surface area contributed by atoms with Crippen LogP contribution in [0.15, 0.2) is 35.5 Å². The van der Waals surface area contributed by atoms with Crippen molar-refractivity contribution in [1.82, 2.24) is 0 Å². The molecule has 0 N–H and O–H groups in total. The molecule has 1 saturated heterocycles. The summed E-state index contributed by atoms with van der Waals surface area (Å²) in [5.74, 6) is 1.34. The molecule has 0 aromatic carbocycles. The number of epoxide rings is 1. The topological polar surface area (TPSA) is 21.8 Å². The van der Waals surface area contributed by atoms with Crippen LogP contribution < -0.4 is 0 Å². The largest absolute Gasteiger partial charge is 0.410 e. The van der Waals surface area contributed by atoms with E-state index in [1.54, 1.807) is 5.57 Å². The molecule has 3 heteroatoms. The summed E-state index contributed by atoms with van der Waals surface area (Å²) in [6.45, 7) is 23.4. The second-order valence-electron chi connectivity index (χ2n) is 12.9. The van der Waals surface area contributed by atoms with Gasteiger partial charge in [-0.3, -0.25) is 0 Å². The van der Waals surface area contributed by atoms with Crippen molar-refractivity contribution in [3.63, 3.8) is 0 Å². The number of hydrogen-bond donors (Lipinski definition) is 0. The van der Waals surface area contributed by atoms with Gasteiger partial charge in [0.25, 0.3) is 0 Å². The molecule has 1 aliphatic heterocycles. The normalized spacial score (nSPS) is 43.7. The van der Waals surface area contributed by atoms with Crippen LogP contribution in [0, 0.1) is 17.3 Å². The van der Waals surface area contributed by atoms with Crippen LogP contribution in [-0.4, -0.2) is 26.1 Å². The maximum absolute atomic E-state index is 6.84. The van der Waals surface area contributed by atoms with E-state index in [9.17, 15) is 0 Å². The summed E-state index contributed by atoms with van der Waals surface area (Å²) in [6.07, 6.45) is 14.2. The fraction of sp³-hybridized carbons (Fsp3) is 0.786. The zero-order chi connectivity index (χ0) is 22.8. The zero-order valence-electron chi connectivity index (χ0n) is 21.4. The summed E-state index contributed by atoms with van der Waals surface area (Å²) in [5, 5.41) is 0.229. The molecule has 4 aliphatic rings. The van der Waals surface area contributed by atoms with Crippen LogP contribution >= 0.6 is 0 Å². The fourth-order valence-electron chi connectivity index (χ4n) is 6.75. The van der Waals surface area contributed by atoms with E-state index in [1.165, 1.54) is 43.3 Å². The molecule has 4 fully saturated rings. The lowest BCUT2D eigenvalue weighted by Crippen LogP contribution is -2.45. The van der Waals surface area contributed by atoms with Crippen molar-refractivity contribution in [3.8, 4) is 0 Å². The Morgan fingerprint density at radius 1 is 1.16 bits per heavy atom. The summed E-state index contributed by atoms with van der Waals surface area (Å²) < 4.78 is 13.1. The van der Waals surface area contributed by atoms with E-state index in [4.69, 9.17) is 9.16 Å². The number of ether oxygens (including phenoxy) is 1. The van der Waals surface area contributed by atoms with Crippen molar-refractivity contribution in [2.45, 2.75) is 122 Å². The first kappa shape index (κ1) is 23.5. The third kappa shape index (κ3) is 3.87.